The number of carboxylic acid groups (broad SMARTS) is 1. The number of nitrogens with zero attached hydrogens (tertiary/aromatic N) is 1. The molecule has 0 saturated carbocycles. The van der Waals surface area contributed by atoms with Gasteiger partial charge in [0.1, 0.15) is 18.6 Å². The molecular formula is C15H30NO3+. The molecule has 0 aromatic rings. The summed E-state index contributed by atoms with van der Waals surface area (Å²) in [5.41, 5.74) is 0. The monoisotopic (exact) mass is 272 g/mol. The van der Waals surface area contributed by atoms with Crippen molar-refractivity contribution in [2.24, 2.45) is 5.92 Å². The van der Waals surface area contributed by atoms with Gasteiger partial charge in [0.15, 0.2) is 0 Å². The van der Waals surface area contributed by atoms with Crippen LogP contribution < -0.4 is 0 Å². The number of rotatable bonds is 10. The molecule has 2 unspecified atom stereocenters. The van der Waals surface area contributed by atoms with Crippen LogP contribution in [0.5, 0.6) is 0 Å². The van der Waals surface area contributed by atoms with E-state index < -0.39 is 5.97 Å². The van der Waals surface area contributed by atoms with Crippen molar-refractivity contribution in [3.8, 4) is 0 Å². The van der Waals surface area contributed by atoms with Crippen LogP contribution in [0.4, 0.5) is 0 Å². The summed E-state index contributed by atoms with van der Waals surface area (Å²) in [5.74, 6) is -1.07. The molecule has 0 aliphatic carbocycles. The van der Waals surface area contributed by atoms with Crippen molar-refractivity contribution in [3.63, 3.8) is 0 Å². The van der Waals surface area contributed by atoms with Crippen molar-refractivity contribution in [1.29, 1.82) is 0 Å². The molecule has 0 spiro atoms. The van der Waals surface area contributed by atoms with E-state index >= 15 is 0 Å². The fourth-order valence-electron chi connectivity index (χ4n) is 2.35. The van der Waals surface area contributed by atoms with Crippen molar-refractivity contribution >= 4 is 5.97 Å². The quantitative estimate of drug-likeness (QED) is 0.364. The summed E-state index contributed by atoms with van der Waals surface area (Å²) in [4.78, 5) is 11.1. The first-order valence-electron chi connectivity index (χ1n) is 7.16. The minimum absolute atomic E-state index is 0.328. The van der Waals surface area contributed by atoms with Crippen LogP contribution in [0.3, 0.4) is 0 Å². The topological polar surface area (TPSA) is 57.5 Å². The van der Waals surface area contributed by atoms with E-state index in [1.54, 1.807) is 0 Å². The molecule has 0 radical (unpaired) electrons. The Morgan fingerprint density at radius 2 is 1.95 bits per heavy atom. The van der Waals surface area contributed by atoms with Crippen LogP contribution >= 0.6 is 0 Å². The maximum absolute atomic E-state index is 11.1. The number of likely N-dealkylation sites (N-methyl/N-ethyl adjacent to an activating group) is 1. The summed E-state index contributed by atoms with van der Waals surface area (Å²) < 4.78 is 0.551. The molecule has 2 atom stereocenters. The van der Waals surface area contributed by atoms with E-state index in [4.69, 9.17) is 5.11 Å². The Bertz CT molecular complexity index is 287. The highest BCUT2D eigenvalue weighted by molar-refractivity contribution is 5.69. The Morgan fingerprint density at radius 3 is 2.42 bits per heavy atom. The van der Waals surface area contributed by atoms with Crippen molar-refractivity contribution in [3.05, 3.63) is 12.2 Å². The summed E-state index contributed by atoms with van der Waals surface area (Å²) in [6.07, 6.45) is 7.14. The second-order valence-electron chi connectivity index (χ2n) is 5.90. The van der Waals surface area contributed by atoms with E-state index in [2.05, 4.69) is 6.08 Å². The zero-order valence-electron chi connectivity index (χ0n) is 12.8. The number of aliphatic hydroxyl groups excluding tert-OH is 1. The first-order chi connectivity index (χ1) is 8.82. The minimum Gasteiger partial charge on any atom is -0.481 e. The Morgan fingerprint density at radius 1 is 1.32 bits per heavy atom. The number of aliphatic hydroxyl groups is 1. The molecule has 0 aliphatic rings. The first-order valence-corrected chi connectivity index (χ1v) is 7.16. The van der Waals surface area contributed by atoms with Crippen LogP contribution in [-0.2, 0) is 4.79 Å². The predicted molar refractivity (Wildman–Crippen MR) is 77.9 cm³/mol. The van der Waals surface area contributed by atoms with Gasteiger partial charge in [-0.1, -0.05) is 19.1 Å². The molecule has 0 fully saturated rings. The molecule has 4 heteroatoms. The molecule has 0 amide bonds. The van der Waals surface area contributed by atoms with Gasteiger partial charge in [-0.2, -0.15) is 0 Å². The molecule has 0 aromatic carbocycles. The first kappa shape index (κ1) is 18.1. The molecule has 0 saturated heterocycles. The molecule has 2 N–H and O–H groups in total. The smallest absolute Gasteiger partial charge is 0.312 e. The lowest BCUT2D eigenvalue weighted by atomic mass is 10.0. The second kappa shape index (κ2) is 9.10. The van der Waals surface area contributed by atoms with Gasteiger partial charge >= 0.3 is 5.97 Å². The third-order valence-electron chi connectivity index (χ3n) is 3.41. The summed E-state index contributed by atoms with van der Waals surface area (Å²) in [5, 5.41) is 19.1. The number of hydrogen-bond acceptors (Lipinski definition) is 2. The van der Waals surface area contributed by atoms with Crippen molar-refractivity contribution in [1.82, 2.24) is 0 Å². The largest absolute Gasteiger partial charge is 0.481 e. The Labute approximate surface area is 117 Å². The number of unbranched alkanes of at least 4 members (excludes halogenated alkanes) is 1. The predicted octanol–water partition coefficient (Wildman–Crippen LogP) is 2.28. The summed E-state index contributed by atoms with van der Waals surface area (Å²) in [7, 11) is 3.97. The molecular weight excluding hydrogens is 242 g/mol. The number of quaternary nitrogens is 1. The van der Waals surface area contributed by atoms with Gasteiger partial charge in [0.25, 0.3) is 0 Å². The normalized spacial score (nSPS) is 15.6. The highest BCUT2D eigenvalue weighted by Gasteiger charge is 2.28. The Hall–Kier alpha value is -0.870. The Kier molecular flexibility index (Phi) is 8.68. The van der Waals surface area contributed by atoms with Gasteiger partial charge in [-0.15, -0.1) is 0 Å². The molecule has 0 rings (SSSR count). The Balaban J connectivity index is 4.15. The summed E-state index contributed by atoms with van der Waals surface area (Å²) >= 11 is 0. The van der Waals surface area contributed by atoms with Crippen LogP contribution in [0.15, 0.2) is 12.2 Å². The number of allylic oxidation sites excluding steroid dienone is 2. The van der Waals surface area contributed by atoms with E-state index in [0.717, 1.165) is 19.3 Å². The van der Waals surface area contributed by atoms with Crippen molar-refractivity contribution in [2.75, 3.05) is 27.2 Å². The highest BCUT2D eigenvalue weighted by Crippen LogP contribution is 2.13. The van der Waals surface area contributed by atoms with Crippen molar-refractivity contribution < 1.29 is 19.5 Å². The lowest BCUT2D eigenvalue weighted by Crippen LogP contribution is -2.49. The van der Waals surface area contributed by atoms with Crippen LogP contribution in [0.2, 0.25) is 0 Å². The van der Waals surface area contributed by atoms with E-state index in [0.29, 0.717) is 24.0 Å². The van der Waals surface area contributed by atoms with E-state index in [1.807, 2.05) is 34.0 Å². The van der Waals surface area contributed by atoms with Crippen molar-refractivity contribution in [2.45, 2.75) is 45.6 Å². The standard InChI is InChI=1S/C15H29NO3/c1-5-7-8-9-10-14(17)12-16(3,4)11-13(6-2)15(18)19/h5,7,13-14,17H,6,8-12H2,1-4H3/p+1/b7-5+. The third-order valence-corrected chi connectivity index (χ3v) is 3.41. The summed E-state index contributed by atoms with van der Waals surface area (Å²) in [6.45, 7) is 5.07. The molecule has 0 aliphatic heterocycles. The SMILES string of the molecule is C/C=C/CCCC(O)C[N+](C)(C)CC(CC)C(=O)O. The van der Waals surface area contributed by atoms with Gasteiger partial charge in [0.05, 0.1) is 20.6 Å². The maximum atomic E-state index is 11.1. The van der Waals surface area contributed by atoms with Crippen LogP contribution in [0.1, 0.15) is 39.5 Å². The molecule has 0 heterocycles. The van der Waals surface area contributed by atoms with E-state index in [-0.39, 0.29) is 12.0 Å². The number of carbonyl (C=O) groups is 1. The minimum atomic E-state index is -0.740. The molecule has 112 valence electrons. The second-order valence-corrected chi connectivity index (χ2v) is 5.90. The van der Waals surface area contributed by atoms with E-state index in [9.17, 15) is 9.90 Å². The van der Waals surface area contributed by atoms with Crippen LogP contribution in [0.25, 0.3) is 0 Å². The van der Waals surface area contributed by atoms with Gasteiger partial charge in [-0.3, -0.25) is 4.79 Å². The third kappa shape index (κ3) is 8.78. The molecule has 4 nitrogen and oxygen atoms in total. The number of aliphatic carboxylic acids is 1. The fourth-order valence-corrected chi connectivity index (χ4v) is 2.35. The van der Waals surface area contributed by atoms with Gasteiger partial charge < -0.3 is 14.7 Å². The lowest BCUT2D eigenvalue weighted by Gasteiger charge is -2.33. The van der Waals surface area contributed by atoms with E-state index in [1.165, 1.54) is 0 Å². The van der Waals surface area contributed by atoms with Gasteiger partial charge in [-0.25, -0.2) is 0 Å². The average Bonchev–Trinajstić information content (AvgIpc) is 2.30. The number of carboxylic acids is 1. The zero-order valence-corrected chi connectivity index (χ0v) is 12.8. The molecule has 0 aromatic heterocycles. The fraction of sp³-hybridized carbons (Fsp3) is 0.800. The van der Waals surface area contributed by atoms with Crippen LogP contribution in [0, 0.1) is 5.92 Å². The van der Waals surface area contributed by atoms with Gasteiger partial charge in [0, 0.05) is 0 Å². The molecule has 0 bridgehead atoms. The highest BCUT2D eigenvalue weighted by atomic mass is 16.4. The summed E-state index contributed by atoms with van der Waals surface area (Å²) in [6, 6.07) is 0. The van der Waals surface area contributed by atoms with Gasteiger partial charge in [-0.05, 0) is 32.6 Å². The van der Waals surface area contributed by atoms with Gasteiger partial charge in [0.2, 0.25) is 0 Å². The van der Waals surface area contributed by atoms with Crippen LogP contribution in [-0.4, -0.2) is 54.0 Å². The maximum Gasteiger partial charge on any atom is 0.312 e. The average molecular weight is 272 g/mol. The lowest BCUT2D eigenvalue weighted by molar-refractivity contribution is -0.895. The zero-order chi connectivity index (χ0) is 14.9. The number of hydrogen-bond donors (Lipinski definition) is 2. The molecule has 19 heavy (non-hydrogen) atoms.